The minimum Gasteiger partial charge on any atom is -0.497 e. The highest BCUT2D eigenvalue weighted by atomic mass is 16.5. The van der Waals surface area contributed by atoms with Gasteiger partial charge in [0.25, 0.3) is 0 Å². The Bertz CT molecular complexity index is 815. The van der Waals surface area contributed by atoms with Crippen LogP contribution in [-0.2, 0) is 16.1 Å². The standard InChI is InChI=1S/C21H25N3O4/c1-27-17-9-7-16(8-10-17)15-22-20(25)21(26)24-13-11-23(12-14-24)18-5-3-4-6-19(18)28-2/h3-10H,11-15H2,1-2H3,(H,22,25). The first-order valence-corrected chi connectivity index (χ1v) is 9.20. The highest BCUT2D eigenvalue weighted by Crippen LogP contribution is 2.28. The molecule has 28 heavy (non-hydrogen) atoms. The number of nitrogens with zero attached hydrogens (tertiary/aromatic N) is 2. The minimum absolute atomic E-state index is 0.301. The van der Waals surface area contributed by atoms with Crippen molar-refractivity contribution in [2.75, 3.05) is 45.3 Å². The molecule has 3 rings (SSSR count). The summed E-state index contributed by atoms with van der Waals surface area (Å²) in [6.07, 6.45) is 0. The Morgan fingerprint density at radius 3 is 2.25 bits per heavy atom. The predicted molar refractivity (Wildman–Crippen MR) is 107 cm³/mol. The number of hydrogen-bond acceptors (Lipinski definition) is 5. The Hall–Kier alpha value is -3.22. The van der Waals surface area contributed by atoms with Crippen molar-refractivity contribution in [3.05, 3.63) is 54.1 Å². The zero-order valence-electron chi connectivity index (χ0n) is 16.2. The average Bonchev–Trinajstić information content (AvgIpc) is 2.77. The maximum absolute atomic E-state index is 12.4. The van der Waals surface area contributed by atoms with E-state index in [1.807, 2.05) is 48.5 Å². The van der Waals surface area contributed by atoms with Gasteiger partial charge < -0.3 is 24.6 Å². The van der Waals surface area contributed by atoms with E-state index in [9.17, 15) is 9.59 Å². The number of benzene rings is 2. The Morgan fingerprint density at radius 1 is 0.929 bits per heavy atom. The highest BCUT2D eigenvalue weighted by Gasteiger charge is 2.26. The summed E-state index contributed by atoms with van der Waals surface area (Å²) in [5.41, 5.74) is 1.91. The van der Waals surface area contributed by atoms with Crippen LogP contribution in [0.25, 0.3) is 0 Å². The molecule has 7 nitrogen and oxygen atoms in total. The number of rotatable bonds is 5. The van der Waals surface area contributed by atoms with E-state index in [0.717, 1.165) is 22.7 Å². The van der Waals surface area contributed by atoms with E-state index < -0.39 is 11.8 Å². The largest absolute Gasteiger partial charge is 0.497 e. The van der Waals surface area contributed by atoms with Crippen LogP contribution in [0, 0.1) is 0 Å². The number of methoxy groups -OCH3 is 2. The van der Waals surface area contributed by atoms with E-state index in [4.69, 9.17) is 9.47 Å². The van der Waals surface area contributed by atoms with Crippen molar-refractivity contribution < 1.29 is 19.1 Å². The molecule has 0 radical (unpaired) electrons. The summed E-state index contributed by atoms with van der Waals surface area (Å²) in [6.45, 7) is 2.59. The van der Waals surface area contributed by atoms with Crippen LogP contribution in [-0.4, -0.2) is 57.1 Å². The van der Waals surface area contributed by atoms with Crippen LogP contribution in [0.3, 0.4) is 0 Å². The van der Waals surface area contributed by atoms with Gasteiger partial charge in [0.2, 0.25) is 0 Å². The average molecular weight is 383 g/mol. The molecule has 2 amide bonds. The predicted octanol–water partition coefficient (Wildman–Crippen LogP) is 1.67. The molecule has 1 N–H and O–H groups in total. The van der Waals surface area contributed by atoms with E-state index in [0.29, 0.717) is 32.7 Å². The lowest BCUT2D eigenvalue weighted by molar-refractivity contribution is -0.146. The van der Waals surface area contributed by atoms with Gasteiger partial charge >= 0.3 is 11.8 Å². The van der Waals surface area contributed by atoms with Gasteiger partial charge in [0.15, 0.2) is 0 Å². The van der Waals surface area contributed by atoms with Crippen LogP contribution in [0.4, 0.5) is 5.69 Å². The molecule has 0 unspecified atom stereocenters. The fraction of sp³-hybridized carbons (Fsp3) is 0.333. The van der Waals surface area contributed by atoms with Gasteiger partial charge in [-0.15, -0.1) is 0 Å². The summed E-state index contributed by atoms with van der Waals surface area (Å²) in [4.78, 5) is 28.4. The Morgan fingerprint density at radius 2 is 1.61 bits per heavy atom. The lowest BCUT2D eigenvalue weighted by Crippen LogP contribution is -2.52. The van der Waals surface area contributed by atoms with Crippen LogP contribution < -0.4 is 19.7 Å². The number of piperazine rings is 1. The molecular weight excluding hydrogens is 358 g/mol. The molecule has 0 atom stereocenters. The number of carbonyl (C=O) groups excluding carboxylic acids is 2. The van der Waals surface area contributed by atoms with Gasteiger partial charge in [0.05, 0.1) is 19.9 Å². The number of anilines is 1. The van der Waals surface area contributed by atoms with Gasteiger partial charge in [0.1, 0.15) is 11.5 Å². The molecule has 1 aliphatic rings. The number of amides is 2. The summed E-state index contributed by atoms with van der Waals surface area (Å²) < 4.78 is 10.5. The second-order valence-corrected chi connectivity index (χ2v) is 6.48. The van der Waals surface area contributed by atoms with Gasteiger partial charge in [-0.3, -0.25) is 9.59 Å². The van der Waals surface area contributed by atoms with Gasteiger partial charge in [0, 0.05) is 32.7 Å². The molecular formula is C21H25N3O4. The van der Waals surface area contributed by atoms with E-state index in [1.54, 1.807) is 19.1 Å². The molecule has 7 heteroatoms. The number of ether oxygens (including phenoxy) is 2. The number of hydrogen-bond donors (Lipinski definition) is 1. The summed E-state index contributed by atoms with van der Waals surface area (Å²) in [6, 6.07) is 15.2. The van der Waals surface area contributed by atoms with E-state index in [1.165, 1.54) is 0 Å². The van der Waals surface area contributed by atoms with Gasteiger partial charge in [-0.2, -0.15) is 0 Å². The molecule has 0 bridgehead atoms. The second kappa shape index (κ2) is 9.12. The second-order valence-electron chi connectivity index (χ2n) is 6.48. The number of para-hydroxylation sites is 2. The molecule has 1 aliphatic heterocycles. The fourth-order valence-electron chi connectivity index (χ4n) is 3.19. The van der Waals surface area contributed by atoms with Crippen molar-refractivity contribution in [2.45, 2.75) is 6.54 Å². The first-order chi connectivity index (χ1) is 13.6. The maximum atomic E-state index is 12.4. The number of carbonyl (C=O) groups is 2. The molecule has 2 aromatic carbocycles. The summed E-state index contributed by atoms with van der Waals surface area (Å²) >= 11 is 0. The van der Waals surface area contributed by atoms with Gasteiger partial charge in [-0.05, 0) is 29.8 Å². The maximum Gasteiger partial charge on any atom is 0.312 e. The molecule has 1 saturated heterocycles. The zero-order chi connectivity index (χ0) is 19.9. The van der Waals surface area contributed by atoms with Crippen molar-refractivity contribution in [1.82, 2.24) is 10.2 Å². The van der Waals surface area contributed by atoms with E-state index >= 15 is 0 Å². The number of nitrogens with one attached hydrogen (secondary N) is 1. The normalized spacial score (nSPS) is 13.8. The highest BCUT2D eigenvalue weighted by molar-refractivity contribution is 6.35. The molecule has 0 aromatic heterocycles. The summed E-state index contributed by atoms with van der Waals surface area (Å²) in [5, 5.41) is 2.69. The molecule has 148 valence electrons. The van der Waals surface area contributed by atoms with Crippen molar-refractivity contribution in [1.29, 1.82) is 0 Å². The third-order valence-corrected chi connectivity index (χ3v) is 4.80. The van der Waals surface area contributed by atoms with Crippen molar-refractivity contribution in [2.24, 2.45) is 0 Å². The smallest absolute Gasteiger partial charge is 0.312 e. The van der Waals surface area contributed by atoms with Crippen molar-refractivity contribution in [3.63, 3.8) is 0 Å². The van der Waals surface area contributed by atoms with E-state index in [-0.39, 0.29) is 0 Å². The fourth-order valence-corrected chi connectivity index (χ4v) is 3.19. The first kappa shape index (κ1) is 19.5. The Kier molecular flexibility index (Phi) is 6.37. The lowest BCUT2D eigenvalue weighted by atomic mass is 10.2. The van der Waals surface area contributed by atoms with Crippen LogP contribution in [0.2, 0.25) is 0 Å². The summed E-state index contributed by atoms with van der Waals surface area (Å²) in [5.74, 6) is 0.480. The van der Waals surface area contributed by atoms with Crippen molar-refractivity contribution >= 4 is 17.5 Å². The first-order valence-electron chi connectivity index (χ1n) is 9.20. The quantitative estimate of drug-likeness (QED) is 0.796. The van der Waals surface area contributed by atoms with Gasteiger partial charge in [-0.25, -0.2) is 0 Å². The third-order valence-electron chi connectivity index (χ3n) is 4.80. The Labute approximate surface area is 164 Å². The van der Waals surface area contributed by atoms with Crippen LogP contribution in [0.1, 0.15) is 5.56 Å². The molecule has 1 heterocycles. The summed E-state index contributed by atoms with van der Waals surface area (Å²) in [7, 11) is 3.24. The molecule has 2 aromatic rings. The monoisotopic (exact) mass is 383 g/mol. The van der Waals surface area contributed by atoms with Crippen LogP contribution >= 0.6 is 0 Å². The third kappa shape index (κ3) is 4.54. The molecule has 0 spiro atoms. The molecule has 0 saturated carbocycles. The van der Waals surface area contributed by atoms with Gasteiger partial charge in [-0.1, -0.05) is 24.3 Å². The van der Waals surface area contributed by atoms with E-state index in [2.05, 4.69) is 10.2 Å². The minimum atomic E-state index is -0.582. The topological polar surface area (TPSA) is 71.1 Å². The van der Waals surface area contributed by atoms with Crippen LogP contribution in [0.5, 0.6) is 11.5 Å². The Balaban J connectivity index is 1.50. The van der Waals surface area contributed by atoms with Crippen molar-refractivity contribution in [3.8, 4) is 11.5 Å². The zero-order valence-corrected chi connectivity index (χ0v) is 16.2. The molecule has 1 fully saturated rings. The lowest BCUT2D eigenvalue weighted by Gasteiger charge is -2.36. The SMILES string of the molecule is COc1ccc(CNC(=O)C(=O)N2CCN(c3ccccc3OC)CC2)cc1. The van der Waals surface area contributed by atoms with Crippen LogP contribution in [0.15, 0.2) is 48.5 Å². The molecule has 0 aliphatic carbocycles.